The van der Waals surface area contributed by atoms with Gasteiger partial charge in [0.1, 0.15) is 0 Å². The molecule has 0 fully saturated rings. The predicted octanol–water partition coefficient (Wildman–Crippen LogP) is 4.34. The highest BCUT2D eigenvalue weighted by Crippen LogP contribution is 2.29. The molecule has 0 aromatic heterocycles. The Bertz CT molecular complexity index is 856. The molecular formula is C18H12ClF3N2O2. The molecule has 0 aliphatic carbocycles. The number of anilines is 1. The normalized spacial score (nSPS) is 12.2. The van der Waals surface area contributed by atoms with Crippen molar-refractivity contribution >= 4 is 29.0 Å². The van der Waals surface area contributed by atoms with Gasteiger partial charge in [0, 0.05) is 23.3 Å². The van der Waals surface area contributed by atoms with Gasteiger partial charge in [-0.3, -0.25) is 9.59 Å². The highest BCUT2D eigenvalue weighted by atomic mass is 35.5. The molecule has 0 saturated heterocycles. The molecule has 1 unspecified atom stereocenters. The van der Waals surface area contributed by atoms with Crippen molar-refractivity contribution < 1.29 is 22.8 Å². The summed E-state index contributed by atoms with van der Waals surface area (Å²) in [5, 5.41) is 9.68. The summed E-state index contributed by atoms with van der Waals surface area (Å²) >= 11 is 5.77. The second-order valence-corrected chi connectivity index (χ2v) is 5.81. The second kappa shape index (κ2) is 7.58. The van der Waals surface area contributed by atoms with Crippen LogP contribution >= 0.6 is 11.6 Å². The van der Waals surface area contributed by atoms with E-state index in [0.717, 1.165) is 29.2 Å². The van der Waals surface area contributed by atoms with Gasteiger partial charge in [0.15, 0.2) is 11.7 Å². The number of hydrogen-bond acceptors (Lipinski definition) is 3. The predicted molar refractivity (Wildman–Crippen MR) is 89.7 cm³/mol. The van der Waals surface area contributed by atoms with Crippen molar-refractivity contribution in [3.8, 4) is 6.07 Å². The quantitative estimate of drug-likeness (QED) is 0.585. The third-order valence-corrected chi connectivity index (χ3v) is 3.93. The molecule has 0 N–H and O–H groups in total. The highest BCUT2D eigenvalue weighted by Gasteiger charge is 2.33. The molecule has 134 valence electrons. The number of ketones is 1. The molecule has 0 saturated carbocycles. The van der Waals surface area contributed by atoms with Crippen LogP contribution in [0.15, 0.2) is 48.5 Å². The molecule has 1 amide bonds. The number of benzene rings is 2. The molecular weight excluding hydrogens is 369 g/mol. The van der Waals surface area contributed by atoms with E-state index in [9.17, 15) is 28.0 Å². The minimum atomic E-state index is -4.54. The van der Waals surface area contributed by atoms with E-state index in [1.807, 2.05) is 0 Å². The van der Waals surface area contributed by atoms with Gasteiger partial charge < -0.3 is 4.90 Å². The van der Waals surface area contributed by atoms with Crippen molar-refractivity contribution in [2.75, 3.05) is 11.9 Å². The number of Topliss-reactive ketones (excluding diaryl/α,β-unsaturated/α-hetero) is 1. The Balaban J connectivity index is 2.24. The standard InChI is InChI=1S/C18H12ClF3N2O2/c1-24(14-8-6-13(19)7-9-14)17(26)15(10-23)16(25)11-2-4-12(5-3-11)18(20,21)22/h2-9,15H,1H3. The van der Waals surface area contributed by atoms with Crippen molar-refractivity contribution in [2.45, 2.75) is 6.18 Å². The highest BCUT2D eigenvalue weighted by molar-refractivity contribution is 6.30. The molecule has 0 heterocycles. The lowest BCUT2D eigenvalue weighted by molar-refractivity contribution is -0.137. The molecule has 26 heavy (non-hydrogen) atoms. The molecule has 2 aromatic carbocycles. The Labute approximate surface area is 152 Å². The zero-order valence-corrected chi connectivity index (χ0v) is 14.2. The van der Waals surface area contributed by atoms with E-state index in [2.05, 4.69) is 0 Å². The van der Waals surface area contributed by atoms with Gasteiger partial charge in [-0.2, -0.15) is 18.4 Å². The summed E-state index contributed by atoms with van der Waals surface area (Å²) in [4.78, 5) is 26.0. The lowest BCUT2D eigenvalue weighted by Crippen LogP contribution is -2.36. The number of rotatable bonds is 4. The molecule has 0 spiro atoms. The van der Waals surface area contributed by atoms with Crippen LogP contribution in [0.4, 0.5) is 18.9 Å². The number of nitriles is 1. The third kappa shape index (κ3) is 4.21. The Hall–Kier alpha value is -2.85. The first-order chi connectivity index (χ1) is 12.1. The van der Waals surface area contributed by atoms with Crippen molar-refractivity contribution in [3.63, 3.8) is 0 Å². The van der Waals surface area contributed by atoms with Crippen LogP contribution in [0.1, 0.15) is 15.9 Å². The van der Waals surface area contributed by atoms with Gasteiger partial charge in [-0.15, -0.1) is 0 Å². The summed E-state index contributed by atoms with van der Waals surface area (Å²) in [7, 11) is 1.38. The van der Waals surface area contributed by atoms with E-state index in [1.165, 1.54) is 19.2 Å². The Morgan fingerprint density at radius 2 is 1.62 bits per heavy atom. The van der Waals surface area contributed by atoms with Crippen LogP contribution in [0.25, 0.3) is 0 Å². The van der Waals surface area contributed by atoms with Gasteiger partial charge in [-0.05, 0) is 36.4 Å². The molecule has 0 aliphatic rings. The van der Waals surface area contributed by atoms with Crippen molar-refractivity contribution in [3.05, 3.63) is 64.7 Å². The van der Waals surface area contributed by atoms with Crippen molar-refractivity contribution in [1.29, 1.82) is 5.26 Å². The van der Waals surface area contributed by atoms with Crippen LogP contribution in [-0.2, 0) is 11.0 Å². The SMILES string of the molecule is CN(C(=O)C(C#N)C(=O)c1ccc(C(F)(F)F)cc1)c1ccc(Cl)cc1. The maximum absolute atomic E-state index is 12.6. The smallest absolute Gasteiger partial charge is 0.314 e. The number of amides is 1. The third-order valence-electron chi connectivity index (χ3n) is 3.68. The zero-order valence-electron chi connectivity index (χ0n) is 13.4. The van der Waals surface area contributed by atoms with Gasteiger partial charge >= 0.3 is 6.18 Å². The van der Waals surface area contributed by atoms with E-state index in [0.29, 0.717) is 10.7 Å². The number of carbonyl (C=O) groups excluding carboxylic acids is 2. The Kier molecular flexibility index (Phi) is 5.68. The van der Waals surface area contributed by atoms with E-state index < -0.39 is 29.3 Å². The molecule has 2 rings (SSSR count). The Morgan fingerprint density at radius 3 is 2.08 bits per heavy atom. The van der Waals surface area contributed by atoms with E-state index in [4.69, 9.17) is 11.6 Å². The minimum absolute atomic E-state index is 0.151. The van der Waals surface area contributed by atoms with Crippen LogP contribution in [0.3, 0.4) is 0 Å². The maximum atomic E-state index is 12.6. The average molecular weight is 381 g/mol. The average Bonchev–Trinajstić information content (AvgIpc) is 2.61. The molecule has 4 nitrogen and oxygen atoms in total. The molecule has 0 radical (unpaired) electrons. The largest absolute Gasteiger partial charge is 0.416 e. The van der Waals surface area contributed by atoms with Gasteiger partial charge in [-0.1, -0.05) is 23.7 Å². The minimum Gasteiger partial charge on any atom is -0.314 e. The number of hydrogen-bond donors (Lipinski definition) is 0. The molecule has 8 heteroatoms. The fourth-order valence-electron chi connectivity index (χ4n) is 2.20. The monoisotopic (exact) mass is 380 g/mol. The van der Waals surface area contributed by atoms with Crippen LogP contribution in [-0.4, -0.2) is 18.7 Å². The van der Waals surface area contributed by atoms with Crippen LogP contribution < -0.4 is 4.90 Å². The van der Waals surface area contributed by atoms with E-state index in [-0.39, 0.29) is 5.56 Å². The molecule has 0 aliphatic heterocycles. The number of carbonyl (C=O) groups is 2. The van der Waals surface area contributed by atoms with Gasteiger partial charge in [-0.25, -0.2) is 0 Å². The fraction of sp³-hybridized carbons (Fsp3) is 0.167. The lowest BCUT2D eigenvalue weighted by Gasteiger charge is -2.20. The Morgan fingerprint density at radius 1 is 1.08 bits per heavy atom. The van der Waals surface area contributed by atoms with Gasteiger partial charge in [0.05, 0.1) is 11.6 Å². The second-order valence-electron chi connectivity index (χ2n) is 5.38. The molecule has 2 aromatic rings. The number of alkyl halides is 3. The van der Waals surface area contributed by atoms with E-state index >= 15 is 0 Å². The van der Waals surface area contributed by atoms with Crippen LogP contribution in [0.5, 0.6) is 0 Å². The van der Waals surface area contributed by atoms with Crippen LogP contribution in [0, 0.1) is 17.2 Å². The first-order valence-corrected chi connectivity index (χ1v) is 7.67. The molecule has 0 bridgehead atoms. The summed E-state index contributed by atoms with van der Waals surface area (Å²) in [5.41, 5.74) is -0.658. The van der Waals surface area contributed by atoms with E-state index in [1.54, 1.807) is 18.2 Å². The summed E-state index contributed by atoms with van der Waals surface area (Å²) in [6, 6.07) is 11.1. The van der Waals surface area contributed by atoms with Gasteiger partial charge in [0.25, 0.3) is 5.91 Å². The fourth-order valence-corrected chi connectivity index (χ4v) is 2.33. The lowest BCUT2D eigenvalue weighted by atomic mass is 9.96. The number of halogens is 4. The summed E-state index contributed by atoms with van der Waals surface area (Å²) in [5.74, 6) is -3.33. The summed E-state index contributed by atoms with van der Waals surface area (Å²) in [6.07, 6.45) is -4.54. The van der Waals surface area contributed by atoms with Crippen molar-refractivity contribution in [1.82, 2.24) is 0 Å². The first kappa shape index (κ1) is 19.5. The summed E-state index contributed by atoms with van der Waals surface area (Å²) in [6.45, 7) is 0. The van der Waals surface area contributed by atoms with Crippen LogP contribution in [0.2, 0.25) is 5.02 Å². The van der Waals surface area contributed by atoms with Crippen molar-refractivity contribution in [2.24, 2.45) is 5.92 Å². The summed E-state index contributed by atoms with van der Waals surface area (Å²) < 4.78 is 37.8. The first-order valence-electron chi connectivity index (χ1n) is 7.29. The molecule has 1 atom stereocenters. The van der Waals surface area contributed by atoms with Gasteiger partial charge in [0.2, 0.25) is 0 Å². The maximum Gasteiger partial charge on any atom is 0.416 e. The zero-order chi connectivity index (χ0) is 19.5. The number of nitrogens with zero attached hydrogens (tertiary/aromatic N) is 2. The topological polar surface area (TPSA) is 61.2 Å².